The van der Waals surface area contributed by atoms with E-state index in [-0.39, 0.29) is 6.04 Å². The molecule has 122 valence electrons. The second-order valence-corrected chi connectivity index (χ2v) is 8.06. The Morgan fingerprint density at radius 3 is 2.32 bits per heavy atom. The van der Waals surface area contributed by atoms with Gasteiger partial charge >= 0.3 is 0 Å². The normalized spacial score (nSPS) is 19.1. The molecule has 1 N–H and O–H groups in total. The zero-order valence-corrected chi connectivity index (χ0v) is 14.6. The molecule has 0 radical (unpaired) electrons. The maximum absolute atomic E-state index is 12.7. The maximum atomic E-state index is 12.7. The molecule has 0 aromatic heterocycles. The van der Waals surface area contributed by atoms with E-state index in [2.05, 4.69) is 4.72 Å². The monoisotopic (exact) mass is 321 g/mol. The summed E-state index contributed by atoms with van der Waals surface area (Å²) in [7, 11) is -3.47. The summed E-state index contributed by atoms with van der Waals surface area (Å²) in [5, 5.41) is 0. The molecule has 1 aliphatic carbocycles. The Balaban J connectivity index is 2.23. The molecule has 3 nitrogen and oxygen atoms in total. The Labute approximate surface area is 134 Å². The van der Waals surface area contributed by atoms with Crippen LogP contribution in [0.25, 0.3) is 0 Å². The van der Waals surface area contributed by atoms with Gasteiger partial charge in [-0.25, -0.2) is 13.1 Å². The van der Waals surface area contributed by atoms with Gasteiger partial charge in [-0.2, -0.15) is 0 Å². The van der Waals surface area contributed by atoms with E-state index in [0.717, 1.165) is 24.0 Å². The Morgan fingerprint density at radius 1 is 1.18 bits per heavy atom. The van der Waals surface area contributed by atoms with Gasteiger partial charge in [0.1, 0.15) is 0 Å². The third kappa shape index (κ3) is 4.20. The molecule has 0 bridgehead atoms. The zero-order chi connectivity index (χ0) is 16.2. The molecule has 1 aromatic carbocycles. The molecule has 1 aliphatic rings. The number of hydrogen-bond donors (Lipinski definition) is 1. The van der Waals surface area contributed by atoms with Crippen molar-refractivity contribution in [2.24, 2.45) is 5.92 Å². The second-order valence-electron chi connectivity index (χ2n) is 6.34. The van der Waals surface area contributed by atoms with Crippen molar-refractivity contribution in [3.63, 3.8) is 0 Å². The van der Waals surface area contributed by atoms with Crippen LogP contribution in [0.5, 0.6) is 0 Å². The highest BCUT2D eigenvalue weighted by Crippen LogP contribution is 2.30. The molecule has 0 spiro atoms. The lowest BCUT2D eigenvalue weighted by molar-refractivity contribution is 0.312. The largest absolute Gasteiger partial charge is 0.241 e. The van der Waals surface area contributed by atoms with Crippen LogP contribution in [0.15, 0.2) is 40.8 Å². The van der Waals surface area contributed by atoms with Crippen LogP contribution in [0, 0.1) is 12.8 Å². The van der Waals surface area contributed by atoms with Gasteiger partial charge in [0.15, 0.2) is 0 Å². The summed E-state index contributed by atoms with van der Waals surface area (Å²) in [5.41, 5.74) is 2.18. The predicted molar refractivity (Wildman–Crippen MR) is 91.3 cm³/mol. The number of aryl methyl sites for hydroxylation is 1. The summed E-state index contributed by atoms with van der Waals surface area (Å²) in [6.07, 6.45) is 7.90. The van der Waals surface area contributed by atoms with Crippen molar-refractivity contribution in [3.8, 4) is 0 Å². The average molecular weight is 321 g/mol. The minimum atomic E-state index is -3.47. The van der Waals surface area contributed by atoms with Crippen molar-refractivity contribution >= 4 is 10.0 Å². The van der Waals surface area contributed by atoms with Gasteiger partial charge in [-0.15, -0.1) is 0 Å². The van der Waals surface area contributed by atoms with E-state index in [4.69, 9.17) is 0 Å². The molecule has 22 heavy (non-hydrogen) atoms. The minimum absolute atomic E-state index is 0.0865. The molecule has 1 aromatic rings. The molecule has 1 fully saturated rings. The van der Waals surface area contributed by atoms with Gasteiger partial charge in [0, 0.05) is 6.04 Å². The van der Waals surface area contributed by atoms with Crippen molar-refractivity contribution in [2.45, 2.75) is 63.8 Å². The number of rotatable bonds is 5. The quantitative estimate of drug-likeness (QED) is 0.827. The van der Waals surface area contributed by atoms with Crippen LogP contribution in [-0.2, 0) is 10.0 Å². The van der Waals surface area contributed by atoms with Gasteiger partial charge < -0.3 is 0 Å². The van der Waals surface area contributed by atoms with Crippen LogP contribution in [0.3, 0.4) is 0 Å². The number of sulfonamides is 1. The summed E-state index contributed by atoms with van der Waals surface area (Å²) in [6.45, 7) is 5.96. The standard InChI is InChI=1S/C18H27NO2S/c1-4-15(3)18(16-8-6-5-7-9-16)19-22(20,21)17-12-10-14(2)11-13-17/h4,10-13,16,18-19H,5-9H2,1-3H3/b15-4+. The first-order valence-corrected chi connectivity index (χ1v) is 9.64. The van der Waals surface area contributed by atoms with E-state index in [0.29, 0.717) is 10.8 Å². The van der Waals surface area contributed by atoms with Gasteiger partial charge in [-0.1, -0.05) is 48.6 Å². The lowest BCUT2D eigenvalue weighted by Crippen LogP contribution is -2.41. The maximum Gasteiger partial charge on any atom is 0.241 e. The molecule has 1 saturated carbocycles. The van der Waals surface area contributed by atoms with Gasteiger partial charge in [0.25, 0.3) is 0 Å². The summed E-state index contributed by atoms with van der Waals surface area (Å²) in [4.78, 5) is 0.350. The first-order chi connectivity index (χ1) is 10.4. The van der Waals surface area contributed by atoms with Crippen LogP contribution >= 0.6 is 0 Å². The van der Waals surface area contributed by atoms with Crippen LogP contribution < -0.4 is 4.72 Å². The fourth-order valence-corrected chi connectivity index (χ4v) is 4.50. The van der Waals surface area contributed by atoms with E-state index >= 15 is 0 Å². The number of hydrogen-bond acceptors (Lipinski definition) is 2. The van der Waals surface area contributed by atoms with Gasteiger partial charge in [-0.3, -0.25) is 0 Å². The molecule has 0 saturated heterocycles. The SMILES string of the molecule is C/C=C(\C)C(NS(=O)(=O)c1ccc(C)cc1)C1CCCCC1. The van der Waals surface area contributed by atoms with Crippen LogP contribution in [0.4, 0.5) is 0 Å². The van der Waals surface area contributed by atoms with Crippen molar-refractivity contribution in [2.75, 3.05) is 0 Å². The molecule has 4 heteroatoms. The van der Waals surface area contributed by atoms with Crippen molar-refractivity contribution in [1.82, 2.24) is 4.72 Å². The molecule has 0 heterocycles. The summed E-state index contributed by atoms with van der Waals surface area (Å²) >= 11 is 0. The number of nitrogens with one attached hydrogen (secondary N) is 1. The van der Waals surface area contributed by atoms with Crippen molar-refractivity contribution < 1.29 is 8.42 Å². The van der Waals surface area contributed by atoms with Gasteiger partial charge in [0.05, 0.1) is 4.90 Å². The van der Waals surface area contributed by atoms with Gasteiger partial charge in [0.2, 0.25) is 10.0 Å². The Kier molecular flexibility index (Phi) is 5.81. The number of benzene rings is 1. The highest BCUT2D eigenvalue weighted by Gasteiger charge is 2.29. The van der Waals surface area contributed by atoms with Gasteiger partial charge in [-0.05, 0) is 51.7 Å². The lowest BCUT2D eigenvalue weighted by Gasteiger charge is -2.31. The van der Waals surface area contributed by atoms with Crippen molar-refractivity contribution in [3.05, 3.63) is 41.5 Å². The van der Waals surface area contributed by atoms with Crippen LogP contribution in [0.2, 0.25) is 0 Å². The van der Waals surface area contributed by atoms with Crippen LogP contribution in [-0.4, -0.2) is 14.5 Å². The molecule has 1 unspecified atom stereocenters. The Hall–Kier alpha value is -1.13. The van der Waals surface area contributed by atoms with E-state index in [9.17, 15) is 8.42 Å². The molecule has 2 rings (SSSR count). The Morgan fingerprint density at radius 2 is 1.77 bits per heavy atom. The van der Waals surface area contributed by atoms with E-state index < -0.39 is 10.0 Å². The zero-order valence-electron chi connectivity index (χ0n) is 13.8. The smallest absolute Gasteiger partial charge is 0.207 e. The molecule has 1 atom stereocenters. The third-order valence-corrected chi connectivity index (χ3v) is 6.14. The first-order valence-electron chi connectivity index (χ1n) is 8.16. The highest BCUT2D eigenvalue weighted by atomic mass is 32.2. The van der Waals surface area contributed by atoms with E-state index in [1.807, 2.05) is 39.0 Å². The topological polar surface area (TPSA) is 46.2 Å². The summed E-state index contributed by atoms with van der Waals surface area (Å²) < 4.78 is 28.3. The van der Waals surface area contributed by atoms with Crippen molar-refractivity contribution in [1.29, 1.82) is 0 Å². The summed E-state index contributed by atoms with van der Waals surface area (Å²) in [6, 6.07) is 6.96. The summed E-state index contributed by atoms with van der Waals surface area (Å²) in [5.74, 6) is 0.408. The first kappa shape index (κ1) is 17.2. The predicted octanol–water partition coefficient (Wildman–Crippen LogP) is 4.19. The lowest BCUT2D eigenvalue weighted by atomic mass is 9.82. The minimum Gasteiger partial charge on any atom is -0.207 e. The van der Waals surface area contributed by atoms with E-state index in [1.54, 1.807) is 12.1 Å². The molecular weight excluding hydrogens is 294 g/mol. The fourth-order valence-electron chi connectivity index (χ4n) is 3.16. The molecule has 0 amide bonds. The second kappa shape index (κ2) is 7.42. The highest BCUT2D eigenvalue weighted by molar-refractivity contribution is 7.89. The molecular formula is C18H27NO2S. The number of allylic oxidation sites excluding steroid dienone is 1. The fraction of sp³-hybridized carbons (Fsp3) is 0.556. The molecule has 0 aliphatic heterocycles. The third-order valence-electron chi connectivity index (χ3n) is 4.68. The average Bonchev–Trinajstić information content (AvgIpc) is 2.53. The van der Waals surface area contributed by atoms with Crippen LogP contribution in [0.1, 0.15) is 51.5 Å². The van der Waals surface area contributed by atoms with E-state index in [1.165, 1.54) is 19.3 Å². The Bertz CT molecular complexity index is 611.